The summed E-state index contributed by atoms with van der Waals surface area (Å²) in [5.74, 6) is 0.468. The van der Waals surface area contributed by atoms with E-state index >= 15 is 0 Å². The van der Waals surface area contributed by atoms with Crippen LogP contribution in [-0.4, -0.2) is 22.6 Å². The lowest BCUT2D eigenvalue weighted by Crippen LogP contribution is -2.31. The number of ether oxygens (including phenoxy) is 1. The number of anilines is 1. The number of benzene rings is 2. The molecule has 0 aliphatic carbocycles. The molecule has 1 atom stereocenters. The molecule has 1 N–H and O–H groups in total. The van der Waals surface area contributed by atoms with Gasteiger partial charge in [0.15, 0.2) is 0 Å². The van der Waals surface area contributed by atoms with Crippen LogP contribution in [0.2, 0.25) is 0 Å². The fourth-order valence-electron chi connectivity index (χ4n) is 3.10. The molecule has 4 aromatic rings. The molecule has 29 heavy (non-hydrogen) atoms. The monoisotopic (exact) mass is 405 g/mol. The lowest BCUT2D eigenvalue weighted by molar-refractivity contribution is -0.118. The molecule has 2 aromatic carbocycles. The number of fused-ring (bicyclic) bond motifs is 1. The number of carbonyl (C=O) groups is 1. The predicted molar refractivity (Wildman–Crippen MR) is 116 cm³/mol. The Morgan fingerprint density at radius 1 is 1.14 bits per heavy atom. The van der Waals surface area contributed by atoms with E-state index in [9.17, 15) is 9.59 Å². The first kappa shape index (κ1) is 18.9. The molecule has 0 aliphatic heterocycles. The van der Waals surface area contributed by atoms with Gasteiger partial charge in [-0.1, -0.05) is 30.3 Å². The molecule has 0 unspecified atom stereocenters. The van der Waals surface area contributed by atoms with Gasteiger partial charge in [-0.15, -0.1) is 11.3 Å². The van der Waals surface area contributed by atoms with Crippen molar-refractivity contribution in [2.24, 2.45) is 0 Å². The Kier molecular flexibility index (Phi) is 5.14. The van der Waals surface area contributed by atoms with Crippen molar-refractivity contribution in [1.29, 1.82) is 0 Å². The number of hydrogen-bond acceptors (Lipinski definition) is 5. The highest BCUT2D eigenvalue weighted by Crippen LogP contribution is 2.31. The normalized spacial score (nSPS) is 11.9. The van der Waals surface area contributed by atoms with E-state index in [1.165, 1.54) is 22.2 Å². The molecule has 0 spiro atoms. The van der Waals surface area contributed by atoms with Crippen molar-refractivity contribution in [3.63, 3.8) is 0 Å². The van der Waals surface area contributed by atoms with Crippen molar-refractivity contribution in [2.75, 3.05) is 12.4 Å². The van der Waals surface area contributed by atoms with E-state index in [4.69, 9.17) is 4.74 Å². The van der Waals surface area contributed by atoms with E-state index in [1.54, 1.807) is 26.2 Å². The van der Waals surface area contributed by atoms with Gasteiger partial charge in [0.2, 0.25) is 5.91 Å². The first-order valence-electron chi connectivity index (χ1n) is 9.07. The summed E-state index contributed by atoms with van der Waals surface area (Å²) in [6.07, 6.45) is 1.44. The molecule has 0 aliphatic rings. The number of carbonyl (C=O) groups excluding carboxylic acids is 1. The largest absolute Gasteiger partial charge is 0.497 e. The lowest BCUT2D eigenvalue weighted by Gasteiger charge is -2.15. The molecule has 0 saturated heterocycles. The minimum atomic E-state index is -0.705. The summed E-state index contributed by atoms with van der Waals surface area (Å²) in [6, 6.07) is 16.0. The number of amides is 1. The summed E-state index contributed by atoms with van der Waals surface area (Å²) in [5, 5.41) is 5.26. The van der Waals surface area contributed by atoms with E-state index in [0.717, 1.165) is 16.9 Å². The van der Waals surface area contributed by atoms with Crippen molar-refractivity contribution >= 4 is 33.1 Å². The van der Waals surface area contributed by atoms with Crippen LogP contribution in [-0.2, 0) is 4.79 Å². The molecule has 4 rings (SSSR count). The van der Waals surface area contributed by atoms with E-state index in [-0.39, 0.29) is 11.5 Å². The Morgan fingerprint density at radius 2 is 1.86 bits per heavy atom. The molecule has 6 nitrogen and oxygen atoms in total. The summed E-state index contributed by atoms with van der Waals surface area (Å²) >= 11 is 1.41. The van der Waals surface area contributed by atoms with Crippen molar-refractivity contribution in [3.05, 3.63) is 76.7 Å². The molecule has 2 aromatic heterocycles. The minimum absolute atomic E-state index is 0.238. The second kappa shape index (κ2) is 7.89. The number of methoxy groups -OCH3 is 1. The number of hydrogen-bond donors (Lipinski definition) is 1. The van der Waals surface area contributed by atoms with E-state index in [0.29, 0.717) is 15.9 Å². The second-order valence-corrected chi connectivity index (χ2v) is 7.40. The summed E-state index contributed by atoms with van der Waals surface area (Å²) in [6.45, 7) is 1.69. The van der Waals surface area contributed by atoms with E-state index < -0.39 is 6.04 Å². The van der Waals surface area contributed by atoms with Gasteiger partial charge in [-0.05, 0) is 36.8 Å². The summed E-state index contributed by atoms with van der Waals surface area (Å²) in [4.78, 5) is 30.9. The lowest BCUT2D eigenvalue weighted by atomic mass is 10.1. The number of thiophene rings is 1. The predicted octanol–water partition coefficient (Wildman–Crippen LogP) is 4.33. The third-order valence-corrected chi connectivity index (χ3v) is 5.64. The number of aromatic nitrogens is 2. The smallest absolute Gasteiger partial charge is 0.263 e. The molecule has 1 amide bonds. The quantitative estimate of drug-likeness (QED) is 0.536. The van der Waals surface area contributed by atoms with Gasteiger partial charge in [-0.3, -0.25) is 14.2 Å². The maximum absolute atomic E-state index is 13.2. The molecule has 0 saturated carbocycles. The van der Waals surface area contributed by atoms with Gasteiger partial charge in [0.1, 0.15) is 16.6 Å². The minimum Gasteiger partial charge on any atom is -0.497 e. The van der Waals surface area contributed by atoms with Gasteiger partial charge in [0.25, 0.3) is 5.56 Å². The van der Waals surface area contributed by atoms with Gasteiger partial charge < -0.3 is 10.1 Å². The maximum Gasteiger partial charge on any atom is 0.263 e. The third-order valence-electron chi connectivity index (χ3n) is 4.76. The highest BCUT2D eigenvalue weighted by molar-refractivity contribution is 7.17. The summed E-state index contributed by atoms with van der Waals surface area (Å²) in [7, 11) is 1.61. The van der Waals surface area contributed by atoms with Gasteiger partial charge >= 0.3 is 0 Å². The molecule has 0 bridgehead atoms. The molecular weight excluding hydrogens is 386 g/mol. The van der Waals surface area contributed by atoms with Crippen molar-refractivity contribution in [2.45, 2.75) is 13.0 Å². The number of nitrogens with zero attached hydrogens (tertiary/aromatic N) is 2. The number of rotatable bonds is 5. The number of para-hydroxylation sites is 1. The molecule has 0 radical (unpaired) electrons. The Hall–Kier alpha value is -3.45. The Labute approximate surface area is 171 Å². The van der Waals surface area contributed by atoms with Crippen LogP contribution in [0.3, 0.4) is 0 Å². The zero-order valence-corrected chi connectivity index (χ0v) is 16.8. The van der Waals surface area contributed by atoms with E-state index in [1.807, 2.05) is 47.8 Å². The topological polar surface area (TPSA) is 73.2 Å². The van der Waals surface area contributed by atoms with Crippen molar-refractivity contribution < 1.29 is 9.53 Å². The molecule has 0 fully saturated rings. The van der Waals surface area contributed by atoms with Crippen LogP contribution in [0.4, 0.5) is 5.69 Å². The van der Waals surface area contributed by atoms with Gasteiger partial charge in [0, 0.05) is 16.6 Å². The summed E-state index contributed by atoms with van der Waals surface area (Å²) < 4.78 is 6.58. The van der Waals surface area contributed by atoms with Crippen LogP contribution in [0.5, 0.6) is 5.75 Å². The van der Waals surface area contributed by atoms with Gasteiger partial charge in [0.05, 0.1) is 18.8 Å². The van der Waals surface area contributed by atoms with Crippen LogP contribution in [0, 0.1) is 0 Å². The van der Waals surface area contributed by atoms with Crippen LogP contribution >= 0.6 is 11.3 Å². The molecule has 2 heterocycles. The first-order valence-corrected chi connectivity index (χ1v) is 9.95. The van der Waals surface area contributed by atoms with E-state index in [2.05, 4.69) is 10.3 Å². The third kappa shape index (κ3) is 3.64. The fourth-order valence-corrected chi connectivity index (χ4v) is 4.01. The fraction of sp³-hybridized carbons (Fsp3) is 0.136. The Balaban J connectivity index is 1.71. The van der Waals surface area contributed by atoms with Crippen LogP contribution in [0.25, 0.3) is 21.3 Å². The SMILES string of the molecule is COc1ccc(-c2csc3ncn([C@@H](C)C(=O)Nc4ccccc4)c(=O)c23)cc1. The zero-order valence-electron chi connectivity index (χ0n) is 16.0. The second-order valence-electron chi connectivity index (χ2n) is 6.55. The number of nitrogens with one attached hydrogen (secondary N) is 1. The summed E-state index contributed by atoms with van der Waals surface area (Å²) in [5.41, 5.74) is 2.14. The molecular formula is C22H19N3O3S. The van der Waals surface area contributed by atoms with Crippen LogP contribution in [0.1, 0.15) is 13.0 Å². The standard InChI is InChI=1S/C22H19N3O3S/c1-14(20(26)24-16-6-4-3-5-7-16)25-13-23-21-19(22(25)27)18(12-29-21)15-8-10-17(28-2)11-9-15/h3-14H,1-2H3,(H,24,26)/t14-/m0/s1. The average molecular weight is 405 g/mol. The highest BCUT2D eigenvalue weighted by atomic mass is 32.1. The Bertz CT molecular complexity index is 1210. The van der Waals surface area contributed by atoms with Crippen LogP contribution < -0.4 is 15.6 Å². The maximum atomic E-state index is 13.2. The highest BCUT2D eigenvalue weighted by Gasteiger charge is 2.20. The van der Waals surface area contributed by atoms with Crippen LogP contribution in [0.15, 0.2) is 71.1 Å². The van der Waals surface area contributed by atoms with Crippen molar-refractivity contribution in [3.8, 4) is 16.9 Å². The van der Waals surface area contributed by atoms with Gasteiger partial charge in [-0.25, -0.2) is 4.98 Å². The average Bonchev–Trinajstić information content (AvgIpc) is 3.19. The Morgan fingerprint density at radius 3 is 2.55 bits per heavy atom. The molecule has 146 valence electrons. The first-order chi connectivity index (χ1) is 14.1. The van der Waals surface area contributed by atoms with Gasteiger partial charge in [-0.2, -0.15) is 0 Å². The molecule has 7 heteroatoms. The zero-order chi connectivity index (χ0) is 20.4. The van der Waals surface area contributed by atoms with Crippen molar-refractivity contribution in [1.82, 2.24) is 9.55 Å².